The SMILES string of the molecule is Cc1noc2c1C1=NCCN1C(=O)N2CC(=O)N1CCCc2ccccc21. The van der Waals surface area contributed by atoms with Crippen molar-refractivity contribution in [3.8, 4) is 0 Å². The van der Waals surface area contributed by atoms with E-state index in [1.807, 2.05) is 31.2 Å². The predicted octanol–water partition coefficient (Wildman–Crippen LogP) is 1.96. The number of fused-ring (bicyclic) bond motifs is 4. The van der Waals surface area contributed by atoms with E-state index in [-0.39, 0.29) is 18.5 Å². The molecule has 0 atom stereocenters. The number of benzene rings is 1. The van der Waals surface area contributed by atoms with Crippen molar-refractivity contribution in [1.29, 1.82) is 0 Å². The standard InChI is InChI=1S/C19H19N5O3/c1-12-16-17-20-8-10-23(17)19(26)24(18(16)27-21-12)11-15(25)22-9-4-6-13-5-2-3-7-14(13)22/h2-3,5,7H,4,6,8-11H2,1H3. The summed E-state index contributed by atoms with van der Waals surface area (Å²) in [4.78, 5) is 35.2. The van der Waals surface area contributed by atoms with Crippen LogP contribution in [0.4, 0.5) is 16.4 Å². The first-order valence-corrected chi connectivity index (χ1v) is 9.13. The highest BCUT2D eigenvalue weighted by atomic mass is 16.5. The molecule has 0 unspecified atom stereocenters. The number of urea groups is 1. The number of aryl methyl sites for hydroxylation is 2. The number of hydrogen-bond acceptors (Lipinski definition) is 5. The Balaban J connectivity index is 1.48. The number of para-hydroxylation sites is 1. The summed E-state index contributed by atoms with van der Waals surface area (Å²) in [7, 11) is 0. The fourth-order valence-corrected chi connectivity index (χ4v) is 4.03. The molecule has 0 radical (unpaired) electrons. The van der Waals surface area contributed by atoms with Crippen LogP contribution in [0.2, 0.25) is 0 Å². The molecule has 8 nitrogen and oxygen atoms in total. The van der Waals surface area contributed by atoms with Crippen molar-refractivity contribution in [3.63, 3.8) is 0 Å². The summed E-state index contributed by atoms with van der Waals surface area (Å²) >= 11 is 0. The average molecular weight is 365 g/mol. The molecule has 4 heterocycles. The molecule has 0 bridgehead atoms. The second-order valence-electron chi connectivity index (χ2n) is 6.95. The third kappa shape index (κ3) is 2.36. The van der Waals surface area contributed by atoms with Crippen LogP contribution in [0.25, 0.3) is 0 Å². The molecule has 138 valence electrons. The molecule has 0 aliphatic carbocycles. The van der Waals surface area contributed by atoms with Gasteiger partial charge in [-0.1, -0.05) is 23.4 Å². The molecule has 5 rings (SSSR count). The lowest BCUT2D eigenvalue weighted by atomic mass is 10.0. The van der Waals surface area contributed by atoms with Gasteiger partial charge in [-0.25, -0.2) is 4.79 Å². The van der Waals surface area contributed by atoms with Gasteiger partial charge in [-0.3, -0.25) is 19.6 Å². The summed E-state index contributed by atoms with van der Waals surface area (Å²) in [6, 6.07) is 7.64. The molecule has 3 amide bonds. The van der Waals surface area contributed by atoms with Gasteiger partial charge < -0.3 is 9.42 Å². The summed E-state index contributed by atoms with van der Waals surface area (Å²) in [6.07, 6.45) is 1.87. The summed E-state index contributed by atoms with van der Waals surface area (Å²) in [6.45, 7) is 3.44. The minimum atomic E-state index is -0.284. The van der Waals surface area contributed by atoms with E-state index in [1.54, 1.807) is 9.80 Å². The van der Waals surface area contributed by atoms with Crippen molar-refractivity contribution in [2.24, 2.45) is 4.99 Å². The van der Waals surface area contributed by atoms with E-state index in [0.29, 0.717) is 42.6 Å². The second-order valence-corrected chi connectivity index (χ2v) is 6.95. The summed E-state index contributed by atoms with van der Waals surface area (Å²) in [5.74, 6) is 0.781. The van der Waals surface area contributed by atoms with E-state index in [1.165, 1.54) is 4.90 Å². The Morgan fingerprint density at radius 2 is 2.11 bits per heavy atom. The maximum Gasteiger partial charge on any atom is 0.333 e. The van der Waals surface area contributed by atoms with Gasteiger partial charge in [0.1, 0.15) is 17.9 Å². The topological polar surface area (TPSA) is 82.2 Å². The molecule has 2 aromatic rings. The lowest BCUT2D eigenvalue weighted by molar-refractivity contribution is -0.117. The van der Waals surface area contributed by atoms with Crippen LogP contribution in [0.1, 0.15) is 23.2 Å². The van der Waals surface area contributed by atoms with E-state index < -0.39 is 0 Å². The molecule has 0 saturated carbocycles. The highest BCUT2D eigenvalue weighted by molar-refractivity contribution is 6.20. The van der Waals surface area contributed by atoms with Crippen LogP contribution in [0.15, 0.2) is 33.8 Å². The van der Waals surface area contributed by atoms with Crippen molar-refractivity contribution in [1.82, 2.24) is 10.1 Å². The fraction of sp³-hybridized carbons (Fsp3) is 0.368. The maximum atomic E-state index is 13.1. The highest BCUT2D eigenvalue weighted by Crippen LogP contribution is 2.34. The van der Waals surface area contributed by atoms with Crippen LogP contribution in [-0.2, 0) is 11.2 Å². The van der Waals surface area contributed by atoms with Gasteiger partial charge in [0.25, 0.3) is 0 Å². The molecule has 0 fully saturated rings. The Morgan fingerprint density at radius 1 is 1.26 bits per heavy atom. The number of carbonyl (C=O) groups is 2. The molecule has 1 aromatic heterocycles. The molecular weight excluding hydrogens is 346 g/mol. The van der Waals surface area contributed by atoms with Gasteiger partial charge in [0.15, 0.2) is 0 Å². The maximum absolute atomic E-state index is 13.1. The fourth-order valence-electron chi connectivity index (χ4n) is 4.03. The Labute approximate surface area is 156 Å². The predicted molar refractivity (Wildman–Crippen MR) is 99.2 cm³/mol. The number of hydrogen-bond donors (Lipinski definition) is 0. The number of anilines is 2. The van der Waals surface area contributed by atoms with Crippen LogP contribution in [-0.4, -0.2) is 54.0 Å². The van der Waals surface area contributed by atoms with Crippen LogP contribution >= 0.6 is 0 Å². The van der Waals surface area contributed by atoms with Gasteiger partial charge in [0.05, 0.1) is 12.2 Å². The van der Waals surface area contributed by atoms with E-state index in [9.17, 15) is 9.59 Å². The molecule has 3 aliphatic rings. The monoisotopic (exact) mass is 365 g/mol. The second kappa shape index (κ2) is 5.94. The van der Waals surface area contributed by atoms with E-state index >= 15 is 0 Å². The van der Waals surface area contributed by atoms with Crippen molar-refractivity contribution in [2.75, 3.05) is 36.0 Å². The molecule has 1 aromatic carbocycles. The van der Waals surface area contributed by atoms with Crippen LogP contribution in [0.3, 0.4) is 0 Å². The molecule has 8 heteroatoms. The largest absolute Gasteiger partial charge is 0.337 e. The van der Waals surface area contributed by atoms with E-state index in [0.717, 1.165) is 24.1 Å². The van der Waals surface area contributed by atoms with Crippen molar-refractivity contribution >= 4 is 29.3 Å². The third-order valence-electron chi connectivity index (χ3n) is 5.32. The molecule has 0 saturated heterocycles. The number of carbonyl (C=O) groups excluding carboxylic acids is 2. The zero-order valence-corrected chi connectivity index (χ0v) is 15.0. The van der Waals surface area contributed by atoms with E-state index in [2.05, 4.69) is 10.1 Å². The smallest absolute Gasteiger partial charge is 0.333 e. The van der Waals surface area contributed by atoms with Gasteiger partial charge in [-0.05, 0) is 31.4 Å². The molecule has 27 heavy (non-hydrogen) atoms. The van der Waals surface area contributed by atoms with Crippen LogP contribution < -0.4 is 9.80 Å². The van der Waals surface area contributed by atoms with Gasteiger partial charge in [-0.2, -0.15) is 0 Å². The van der Waals surface area contributed by atoms with Gasteiger partial charge in [-0.15, -0.1) is 0 Å². The number of nitrogens with zero attached hydrogens (tertiary/aromatic N) is 5. The number of rotatable bonds is 2. The normalized spacial score (nSPS) is 18.2. The molecule has 0 spiro atoms. The quantitative estimate of drug-likeness (QED) is 0.815. The Morgan fingerprint density at radius 3 is 3.00 bits per heavy atom. The lowest BCUT2D eigenvalue weighted by Crippen LogP contribution is -2.53. The average Bonchev–Trinajstić information content (AvgIpc) is 3.31. The molecular formula is C19H19N5O3. The first-order valence-electron chi connectivity index (χ1n) is 9.13. The molecule has 3 aliphatic heterocycles. The Bertz CT molecular complexity index is 979. The summed E-state index contributed by atoms with van der Waals surface area (Å²) in [5, 5.41) is 4.00. The lowest BCUT2D eigenvalue weighted by Gasteiger charge is -2.34. The van der Waals surface area contributed by atoms with Gasteiger partial charge >= 0.3 is 6.03 Å². The van der Waals surface area contributed by atoms with Crippen LogP contribution in [0, 0.1) is 6.92 Å². The Kier molecular flexibility index (Phi) is 3.53. The number of aromatic nitrogens is 1. The number of amides is 3. The zero-order chi connectivity index (χ0) is 18.5. The van der Waals surface area contributed by atoms with E-state index in [4.69, 9.17) is 4.52 Å². The molecule has 0 N–H and O–H groups in total. The first kappa shape index (κ1) is 16.0. The summed E-state index contributed by atoms with van der Waals surface area (Å²) in [5.41, 5.74) is 3.46. The third-order valence-corrected chi connectivity index (χ3v) is 5.32. The number of aliphatic imine (C=N–C) groups is 1. The van der Waals surface area contributed by atoms with Crippen molar-refractivity contribution < 1.29 is 14.1 Å². The van der Waals surface area contributed by atoms with Crippen LogP contribution in [0.5, 0.6) is 0 Å². The van der Waals surface area contributed by atoms with Crippen molar-refractivity contribution in [2.45, 2.75) is 19.8 Å². The van der Waals surface area contributed by atoms with Crippen molar-refractivity contribution in [3.05, 3.63) is 41.1 Å². The minimum Gasteiger partial charge on any atom is -0.337 e. The zero-order valence-electron chi connectivity index (χ0n) is 15.0. The van der Waals surface area contributed by atoms with Gasteiger partial charge in [0, 0.05) is 18.8 Å². The van der Waals surface area contributed by atoms with Gasteiger partial charge in [0.2, 0.25) is 11.8 Å². The highest BCUT2D eigenvalue weighted by Gasteiger charge is 2.43. The number of amidine groups is 1. The first-order chi connectivity index (χ1) is 13.1. The Hall–Kier alpha value is -3.16. The summed E-state index contributed by atoms with van der Waals surface area (Å²) < 4.78 is 5.41. The minimum absolute atomic E-state index is 0.0847.